The molecule has 3 rings (SSSR count). The van der Waals surface area contributed by atoms with Crippen LogP contribution in [-0.2, 0) is 19.3 Å². The molecule has 0 aromatic carbocycles. The van der Waals surface area contributed by atoms with Crippen LogP contribution >= 0.6 is 0 Å². The van der Waals surface area contributed by atoms with Gasteiger partial charge in [0.15, 0.2) is 5.65 Å². The van der Waals surface area contributed by atoms with Crippen LogP contribution in [0.25, 0.3) is 5.65 Å². The predicted molar refractivity (Wildman–Crippen MR) is 62.4 cm³/mol. The zero-order chi connectivity index (χ0) is 13.8. The fraction of sp³-hybridized carbons (Fsp3) is 0.500. The number of fused-ring (bicyclic) bond motifs is 3. The molecule has 0 spiro atoms. The molecule has 0 unspecified atom stereocenters. The van der Waals surface area contributed by atoms with Gasteiger partial charge >= 0.3 is 6.18 Å². The minimum atomic E-state index is -4.42. The summed E-state index contributed by atoms with van der Waals surface area (Å²) in [6, 6.07) is 1.29. The van der Waals surface area contributed by atoms with E-state index in [1.165, 1.54) is 10.7 Å². The second kappa shape index (κ2) is 3.93. The molecule has 0 aliphatic carbocycles. The number of aromatic nitrogens is 3. The largest absolute Gasteiger partial charge is 0.433 e. The molecule has 2 aromatic heterocycles. The number of halogens is 3. The van der Waals surface area contributed by atoms with E-state index < -0.39 is 11.9 Å². The van der Waals surface area contributed by atoms with Gasteiger partial charge < -0.3 is 0 Å². The summed E-state index contributed by atoms with van der Waals surface area (Å²) in [4.78, 5) is 5.87. The topological polar surface area (TPSA) is 33.4 Å². The van der Waals surface area contributed by atoms with Crippen LogP contribution in [0.4, 0.5) is 13.2 Å². The van der Waals surface area contributed by atoms with Crippen molar-refractivity contribution in [3.05, 3.63) is 29.2 Å². The molecule has 3 heterocycles. The van der Waals surface area contributed by atoms with E-state index in [9.17, 15) is 13.2 Å². The lowest BCUT2D eigenvalue weighted by Gasteiger charge is -2.19. The van der Waals surface area contributed by atoms with Crippen molar-refractivity contribution in [3.8, 4) is 0 Å². The van der Waals surface area contributed by atoms with E-state index in [1.807, 2.05) is 0 Å². The Morgan fingerprint density at radius 3 is 2.63 bits per heavy atom. The normalized spacial score (nSPS) is 16.5. The third-order valence-corrected chi connectivity index (χ3v) is 3.40. The van der Waals surface area contributed by atoms with Gasteiger partial charge in [-0.1, -0.05) is 0 Å². The Labute approximate surface area is 107 Å². The van der Waals surface area contributed by atoms with Gasteiger partial charge in [-0.2, -0.15) is 18.3 Å². The van der Waals surface area contributed by atoms with Crippen molar-refractivity contribution in [2.75, 3.05) is 0 Å². The standard InChI is InChI=1S/C12H13F3N4/c1-7(2)18-5-8-9(6-18)17-19-4-3-10(12(13,14)15)16-11(8)19/h3-4,7H,5-6H2,1-2H3. The zero-order valence-corrected chi connectivity index (χ0v) is 10.6. The van der Waals surface area contributed by atoms with Crippen LogP contribution < -0.4 is 0 Å². The van der Waals surface area contributed by atoms with E-state index in [0.29, 0.717) is 24.8 Å². The smallest absolute Gasteiger partial charge is 0.291 e. The lowest BCUT2D eigenvalue weighted by Crippen LogP contribution is -2.25. The second-order valence-electron chi connectivity index (χ2n) is 5.00. The van der Waals surface area contributed by atoms with Crippen LogP contribution in [0.2, 0.25) is 0 Å². The first-order valence-electron chi connectivity index (χ1n) is 6.04. The van der Waals surface area contributed by atoms with E-state index >= 15 is 0 Å². The van der Waals surface area contributed by atoms with Crippen LogP contribution in [0.1, 0.15) is 30.8 Å². The quantitative estimate of drug-likeness (QED) is 0.798. The Hall–Kier alpha value is -1.63. The molecule has 7 heteroatoms. The van der Waals surface area contributed by atoms with Crippen LogP contribution in [0, 0.1) is 0 Å². The van der Waals surface area contributed by atoms with Gasteiger partial charge in [0.1, 0.15) is 5.69 Å². The van der Waals surface area contributed by atoms with Crippen molar-refractivity contribution >= 4 is 5.65 Å². The molecule has 0 bridgehead atoms. The fourth-order valence-corrected chi connectivity index (χ4v) is 2.28. The highest BCUT2D eigenvalue weighted by molar-refractivity contribution is 5.52. The highest BCUT2D eigenvalue weighted by Crippen LogP contribution is 2.31. The Morgan fingerprint density at radius 1 is 1.26 bits per heavy atom. The highest BCUT2D eigenvalue weighted by atomic mass is 19.4. The number of alkyl halides is 3. The summed E-state index contributed by atoms with van der Waals surface area (Å²) >= 11 is 0. The first-order chi connectivity index (χ1) is 8.86. The molecule has 0 amide bonds. The first-order valence-corrected chi connectivity index (χ1v) is 6.04. The number of nitrogens with zero attached hydrogens (tertiary/aromatic N) is 4. The van der Waals surface area contributed by atoms with Gasteiger partial charge in [0.25, 0.3) is 0 Å². The first kappa shape index (κ1) is 12.4. The Balaban J connectivity index is 2.08. The lowest BCUT2D eigenvalue weighted by atomic mass is 10.3. The van der Waals surface area contributed by atoms with Gasteiger partial charge in [-0.15, -0.1) is 0 Å². The Morgan fingerprint density at radius 2 is 2.00 bits per heavy atom. The monoisotopic (exact) mass is 270 g/mol. The van der Waals surface area contributed by atoms with Crippen molar-refractivity contribution < 1.29 is 13.2 Å². The molecule has 1 aliphatic heterocycles. The van der Waals surface area contributed by atoms with Crippen molar-refractivity contribution in [1.29, 1.82) is 0 Å². The molecular formula is C12H13F3N4. The summed E-state index contributed by atoms with van der Waals surface area (Å²) in [5.41, 5.74) is 1.07. The van der Waals surface area contributed by atoms with Crippen LogP contribution in [0.3, 0.4) is 0 Å². The van der Waals surface area contributed by atoms with Gasteiger partial charge in [0.05, 0.1) is 5.69 Å². The van der Waals surface area contributed by atoms with Crippen molar-refractivity contribution in [2.24, 2.45) is 0 Å². The SMILES string of the molecule is CC(C)N1Cc2nn3ccc(C(F)(F)F)nc3c2C1. The summed E-state index contributed by atoms with van der Waals surface area (Å²) < 4.78 is 39.5. The van der Waals surface area contributed by atoms with Crippen LogP contribution in [0.15, 0.2) is 12.3 Å². The molecule has 1 aliphatic rings. The summed E-state index contributed by atoms with van der Waals surface area (Å²) in [5.74, 6) is 0. The number of hydrogen-bond donors (Lipinski definition) is 0. The number of rotatable bonds is 1. The molecule has 0 atom stereocenters. The maximum atomic E-state index is 12.7. The van der Waals surface area contributed by atoms with Gasteiger partial charge in [-0.05, 0) is 19.9 Å². The summed E-state index contributed by atoms with van der Waals surface area (Å²) in [6.07, 6.45) is -3.10. The van der Waals surface area contributed by atoms with Crippen molar-refractivity contribution in [2.45, 2.75) is 39.2 Å². The van der Waals surface area contributed by atoms with Gasteiger partial charge in [-0.3, -0.25) is 4.90 Å². The zero-order valence-electron chi connectivity index (χ0n) is 10.6. The molecular weight excluding hydrogens is 257 g/mol. The Kier molecular flexibility index (Phi) is 2.57. The molecule has 0 radical (unpaired) electrons. The molecule has 4 nitrogen and oxygen atoms in total. The minimum Gasteiger partial charge on any atom is -0.291 e. The lowest BCUT2D eigenvalue weighted by molar-refractivity contribution is -0.141. The maximum Gasteiger partial charge on any atom is 0.433 e. The van der Waals surface area contributed by atoms with Crippen LogP contribution in [0.5, 0.6) is 0 Å². The molecule has 0 saturated carbocycles. The van der Waals surface area contributed by atoms with E-state index in [0.717, 1.165) is 17.3 Å². The molecule has 0 N–H and O–H groups in total. The second-order valence-corrected chi connectivity index (χ2v) is 5.00. The average molecular weight is 270 g/mol. The van der Waals surface area contributed by atoms with Crippen molar-refractivity contribution in [3.63, 3.8) is 0 Å². The third kappa shape index (κ3) is 1.98. The molecule has 19 heavy (non-hydrogen) atoms. The predicted octanol–water partition coefficient (Wildman–Crippen LogP) is 2.47. The van der Waals surface area contributed by atoms with E-state index in [2.05, 4.69) is 28.8 Å². The van der Waals surface area contributed by atoms with Crippen LogP contribution in [-0.4, -0.2) is 25.5 Å². The molecule has 0 saturated heterocycles. The van der Waals surface area contributed by atoms with Gasteiger partial charge in [-0.25, -0.2) is 9.50 Å². The van der Waals surface area contributed by atoms with E-state index in [1.54, 1.807) is 0 Å². The Bertz CT molecular complexity index is 630. The highest BCUT2D eigenvalue weighted by Gasteiger charge is 2.34. The summed E-state index contributed by atoms with van der Waals surface area (Å²) in [7, 11) is 0. The number of hydrogen-bond acceptors (Lipinski definition) is 3. The summed E-state index contributed by atoms with van der Waals surface area (Å²) in [5, 5.41) is 4.29. The molecule has 102 valence electrons. The summed E-state index contributed by atoms with van der Waals surface area (Å²) in [6.45, 7) is 5.37. The average Bonchev–Trinajstić information content (AvgIpc) is 2.83. The van der Waals surface area contributed by atoms with E-state index in [4.69, 9.17) is 0 Å². The molecule has 2 aromatic rings. The van der Waals surface area contributed by atoms with Crippen molar-refractivity contribution in [1.82, 2.24) is 19.5 Å². The van der Waals surface area contributed by atoms with Gasteiger partial charge in [0, 0.05) is 30.9 Å². The third-order valence-electron chi connectivity index (χ3n) is 3.40. The van der Waals surface area contributed by atoms with Gasteiger partial charge in [0.2, 0.25) is 0 Å². The minimum absolute atomic E-state index is 0.313. The fourth-order valence-electron chi connectivity index (χ4n) is 2.28. The molecule has 0 fully saturated rings. The maximum absolute atomic E-state index is 12.7. The van der Waals surface area contributed by atoms with E-state index in [-0.39, 0.29) is 0 Å².